The van der Waals surface area contributed by atoms with Gasteiger partial charge in [0.25, 0.3) is 0 Å². The summed E-state index contributed by atoms with van der Waals surface area (Å²) in [5.74, 6) is 2.82. The molecule has 3 unspecified atom stereocenters. The van der Waals surface area contributed by atoms with Crippen LogP contribution in [0.5, 0.6) is 0 Å². The maximum Gasteiger partial charge on any atom is 0.0145 e. The summed E-state index contributed by atoms with van der Waals surface area (Å²) < 4.78 is 0. The van der Waals surface area contributed by atoms with Crippen LogP contribution in [0.2, 0.25) is 0 Å². The molecule has 0 amide bonds. The molecular formula is C15H30N2S. The number of thiol groups is 1. The standard InChI is InChI=1S/C15H30N2S/c1-13(7-11-18)5-9-17-10-6-15-14(12-17)4-3-8-16(15)2/h13-15,18H,3-12H2,1-2H3. The predicted octanol–water partition coefficient (Wildman–Crippen LogP) is 2.75. The Morgan fingerprint density at radius 2 is 2.06 bits per heavy atom. The van der Waals surface area contributed by atoms with Gasteiger partial charge in [0.15, 0.2) is 0 Å². The highest BCUT2D eigenvalue weighted by Crippen LogP contribution is 2.29. The van der Waals surface area contributed by atoms with Crippen LogP contribution in [-0.2, 0) is 0 Å². The van der Waals surface area contributed by atoms with Crippen molar-refractivity contribution in [1.29, 1.82) is 0 Å². The molecule has 0 saturated carbocycles. The van der Waals surface area contributed by atoms with E-state index < -0.39 is 0 Å². The van der Waals surface area contributed by atoms with E-state index in [0.717, 1.165) is 23.6 Å². The molecule has 0 aromatic rings. The molecule has 3 atom stereocenters. The van der Waals surface area contributed by atoms with Crippen LogP contribution in [-0.4, -0.2) is 54.8 Å². The van der Waals surface area contributed by atoms with Crippen LogP contribution in [0.3, 0.4) is 0 Å². The first kappa shape index (κ1) is 14.7. The van der Waals surface area contributed by atoms with Crippen LogP contribution in [0, 0.1) is 11.8 Å². The van der Waals surface area contributed by atoms with Crippen molar-refractivity contribution in [3.05, 3.63) is 0 Å². The number of hydrogen-bond donors (Lipinski definition) is 1. The highest BCUT2D eigenvalue weighted by molar-refractivity contribution is 7.80. The van der Waals surface area contributed by atoms with Gasteiger partial charge in [-0.15, -0.1) is 0 Å². The number of hydrogen-bond acceptors (Lipinski definition) is 3. The lowest BCUT2D eigenvalue weighted by atomic mass is 9.84. The van der Waals surface area contributed by atoms with E-state index >= 15 is 0 Å². The van der Waals surface area contributed by atoms with Gasteiger partial charge < -0.3 is 9.80 Å². The van der Waals surface area contributed by atoms with Gasteiger partial charge in [0, 0.05) is 12.6 Å². The average molecular weight is 270 g/mol. The second-order valence-corrected chi connectivity index (χ2v) is 6.89. The summed E-state index contributed by atoms with van der Waals surface area (Å²) in [4.78, 5) is 5.32. The number of piperidine rings is 2. The third-order valence-corrected chi connectivity index (χ3v) is 5.25. The zero-order chi connectivity index (χ0) is 13.0. The van der Waals surface area contributed by atoms with E-state index in [1.807, 2.05) is 0 Å². The van der Waals surface area contributed by atoms with E-state index in [0.29, 0.717) is 0 Å². The molecule has 0 aromatic carbocycles. The van der Waals surface area contributed by atoms with Crippen molar-refractivity contribution in [2.75, 3.05) is 39.0 Å². The van der Waals surface area contributed by atoms with Gasteiger partial charge in [-0.05, 0) is 76.4 Å². The van der Waals surface area contributed by atoms with Gasteiger partial charge in [-0.3, -0.25) is 0 Å². The third-order valence-electron chi connectivity index (χ3n) is 4.99. The van der Waals surface area contributed by atoms with E-state index in [4.69, 9.17) is 0 Å². The number of nitrogens with zero attached hydrogens (tertiary/aromatic N) is 2. The van der Waals surface area contributed by atoms with Gasteiger partial charge in [0.05, 0.1) is 0 Å². The summed E-state index contributed by atoms with van der Waals surface area (Å²) >= 11 is 4.33. The molecule has 2 fully saturated rings. The van der Waals surface area contributed by atoms with Gasteiger partial charge in [0.1, 0.15) is 0 Å². The molecule has 2 aliphatic heterocycles. The molecule has 3 heteroatoms. The largest absolute Gasteiger partial charge is 0.303 e. The Balaban J connectivity index is 1.73. The van der Waals surface area contributed by atoms with E-state index in [2.05, 4.69) is 36.4 Å². The summed E-state index contributed by atoms with van der Waals surface area (Å²) in [6, 6.07) is 0.880. The van der Waals surface area contributed by atoms with Gasteiger partial charge >= 0.3 is 0 Å². The lowest BCUT2D eigenvalue weighted by Crippen LogP contribution is -2.52. The molecule has 2 rings (SSSR count). The van der Waals surface area contributed by atoms with Crippen LogP contribution in [0.1, 0.15) is 39.0 Å². The molecule has 2 heterocycles. The van der Waals surface area contributed by atoms with Crippen LogP contribution in [0.4, 0.5) is 0 Å². The molecule has 0 aliphatic carbocycles. The smallest absolute Gasteiger partial charge is 0.0145 e. The van der Waals surface area contributed by atoms with Crippen LogP contribution >= 0.6 is 12.6 Å². The zero-order valence-corrected chi connectivity index (χ0v) is 13.0. The fraction of sp³-hybridized carbons (Fsp3) is 1.00. The lowest BCUT2D eigenvalue weighted by Gasteiger charge is -2.46. The minimum atomic E-state index is 0.842. The molecular weight excluding hydrogens is 240 g/mol. The molecule has 18 heavy (non-hydrogen) atoms. The Kier molecular flexibility index (Phi) is 5.84. The topological polar surface area (TPSA) is 6.48 Å². The first-order chi connectivity index (χ1) is 8.70. The average Bonchev–Trinajstić information content (AvgIpc) is 2.37. The van der Waals surface area contributed by atoms with Gasteiger partial charge in [-0.2, -0.15) is 12.6 Å². The fourth-order valence-corrected chi connectivity index (χ4v) is 4.14. The third kappa shape index (κ3) is 3.88. The Morgan fingerprint density at radius 1 is 1.22 bits per heavy atom. The Hall–Kier alpha value is 0.270. The lowest BCUT2D eigenvalue weighted by molar-refractivity contribution is 0.0367. The molecule has 2 aliphatic rings. The number of fused-ring (bicyclic) bond motifs is 1. The minimum absolute atomic E-state index is 0.842. The molecule has 0 radical (unpaired) electrons. The first-order valence-electron chi connectivity index (χ1n) is 7.74. The van der Waals surface area contributed by atoms with E-state index in [1.165, 1.54) is 58.3 Å². The van der Waals surface area contributed by atoms with Crippen LogP contribution in [0.15, 0.2) is 0 Å². The molecule has 0 aromatic heterocycles. The second-order valence-electron chi connectivity index (χ2n) is 6.45. The normalized spacial score (nSPS) is 32.2. The summed E-state index contributed by atoms with van der Waals surface area (Å²) in [6.07, 6.45) is 6.88. The molecule has 0 spiro atoms. The van der Waals surface area contributed by atoms with Crippen LogP contribution < -0.4 is 0 Å². The van der Waals surface area contributed by atoms with Crippen molar-refractivity contribution in [3.8, 4) is 0 Å². The second kappa shape index (κ2) is 7.16. The quantitative estimate of drug-likeness (QED) is 0.768. The minimum Gasteiger partial charge on any atom is -0.303 e. The summed E-state index contributed by atoms with van der Waals surface area (Å²) in [6.45, 7) is 7.67. The molecule has 0 bridgehead atoms. The summed E-state index contributed by atoms with van der Waals surface area (Å²) in [5.41, 5.74) is 0. The number of rotatable bonds is 5. The monoisotopic (exact) mass is 270 g/mol. The Bertz CT molecular complexity index is 247. The van der Waals surface area contributed by atoms with Crippen molar-refractivity contribution in [3.63, 3.8) is 0 Å². The van der Waals surface area contributed by atoms with Gasteiger partial charge in [0.2, 0.25) is 0 Å². The van der Waals surface area contributed by atoms with Crippen molar-refractivity contribution in [2.45, 2.75) is 45.1 Å². The molecule has 106 valence electrons. The summed E-state index contributed by atoms with van der Waals surface area (Å²) in [5, 5.41) is 0. The van der Waals surface area contributed by atoms with E-state index in [1.54, 1.807) is 0 Å². The van der Waals surface area contributed by atoms with Gasteiger partial charge in [-0.25, -0.2) is 0 Å². The highest BCUT2D eigenvalue weighted by Gasteiger charge is 2.33. The van der Waals surface area contributed by atoms with Crippen molar-refractivity contribution >= 4 is 12.6 Å². The number of likely N-dealkylation sites (tertiary alicyclic amines) is 2. The maximum atomic E-state index is 4.33. The fourth-order valence-electron chi connectivity index (χ4n) is 3.70. The highest BCUT2D eigenvalue weighted by atomic mass is 32.1. The maximum absolute atomic E-state index is 4.33. The Morgan fingerprint density at radius 3 is 2.83 bits per heavy atom. The van der Waals surface area contributed by atoms with Crippen LogP contribution in [0.25, 0.3) is 0 Å². The first-order valence-corrected chi connectivity index (χ1v) is 8.37. The van der Waals surface area contributed by atoms with Crippen molar-refractivity contribution in [1.82, 2.24) is 9.80 Å². The summed E-state index contributed by atoms with van der Waals surface area (Å²) in [7, 11) is 2.32. The molecule has 0 N–H and O–H groups in total. The van der Waals surface area contributed by atoms with Crippen molar-refractivity contribution < 1.29 is 0 Å². The van der Waals surface area contributed by atoms with E-state index in [9.17, 15) is 0 Å². The predicted molar refractivity (Wildman–Crippen MR) is 82.5 cm³/mol. The van der Waals surface area contributed by atoms with E-state index in [-0.39, 0.29) is 0 Å². The van der Waals surface area contributed by atoms with Crippen molar-refractivity contribution in [2.24, 2.45) is 11.8 Å². The van der Waals surface area contributed by atoms with Gasteiger partial charge in [-0.1, -0.05) is 6.92 Å². The zero-order valence-electron chi connectivity index (χ0n) is 12.1. The SMILES string of the molecule is CC(CCS)CCN1CCC2C(CCCN2C)C1. The molecule has 2 saturated heterocycles. The Labute approximate surface area is 119 Å². The molecule has 2 nitrogen and oxygen atoms in total.